The molecule has 0 amide bonds. The van der Waals surface area contributed by atoms with E-state index in [0.717, 1.165) is 6.42 Å². The van der Waals surface area contributed by atoms with Gasteiger partial charge in [0.15, 0.2) is 11.6 Å². The van der Waals surface area contributed by atoms with Crippen LogP contribution in [-0.4, -0.2) is 103 Å². The maximum Gasteiger partial charge on any atom is 0.330 e. The molecule has 3 aliphatic heterocycles. The Balaban J connectivity index is 2.02. The molecule has 57 heavy (non-hydrogen) atoms. The molecule has 0 radical (unpaired) electrons. The average molecular weight is 805 g/mol. The highest BCUT2D eigenvalue weighted by Gasteiger charge is 2.61. The molecule has 2 saturated heterocycles. The summed E-state index contributed by atoms with van der Waals surface area (Å²) in [4.78, 5) is 54.5. The number of hydrogen-bond donors (Lipinski definition) is 5. The third-order valence-corrected chi connectivity index (χ3v) is 13.2. The Labute approximate surface area is 340 Å². The van der Waals surface area contributed by atoms with E-state index in [1.807, 2.05) is 32.1 Å². The SMILES string of the molecule is CC[C@H]1C=C/C=C/C[C@@H](C)[C@H](O)[C@@](C)(O)C(=O)[C@@H](C)[C@H](O)[C@@H](C)C(=O)[C@@H](C)[C@H](O)[C@@H](C)/C=C/C(=O)O[C@@H]2[C@H](C)[C@H](CC1)O[C@@]1(O[C@@H](C[C@@H](C)O)[C@@H](C)CC1=O)[C@H]2C. The highest BCUT2D eigenvalue weighted by atomic mass is 16.7. The van der Waals surface area contributed by atoms with Gasteiger partial charge in [0.25, 0.3) is 0 Å². The molecule has 18 atom stereocenters. The first-order valence-corrected chi connectivity index (χ1v) is 21.1. The van der Waals surface area contributed by atoms with Gasteiger partial charge in [0.05, 0.1) is 42.5 Å². The number of allylic oxidation sites excluding steroid dienone is 4. The Kier molecular flexibility index (Phi) is 17.6. The van der Waals surface area contributed by atoms with Crippen LogP contribution in [0.1, 0.15) is 115 Å². The minimum Gasteiger partial charge on any atom is -0.458 e. The summed E-state index contributed by atoms with van der Waals surface area (Å²) in [5.74, 6) is -9.55. The number of fused-ring (bicyclic) bond motifs is 2. The molecule has 0 aromatic heterocycles. The largest absolute Gasteiger partial charge is 0.458 e. The van der Waals surface area contributed by atoms with Crippen LogP contribution in [0.15, 0.2) is 36.5 Å². The molecular weight excluding hydrogens is 732 g/mol. The topological polar surface area (TPSA) is 197 Å². The smallest absolute Gasteiger partial charge is 0.330 e. The van der Waals surface area contributed by atoms with E-state index in [2.05, 4.69) is 13.0 Å². The second-order valence-electron chi connectivity index (χ2n) is 17.9. The molecule has 12 nitrogen and oxygen atoms in total. The summed E-state index contributed by atoms with van der Waals surface area (Å²) in [5.41, 5.74) is -2.21. The number of carbonyl (C=O) groups is 4. The summed E-state index contributed by atoms with van der Waals surface area (Å²) in [7, 11) is 0. The first-order chi connectivity index (χ1) is 26.5. The van der Waals surface area contributed by atoms with Gasteiger partial charge >= 0.3 is 5.97 Å². The zero-order valence-electron chi connectivity index (χ0n) is 36.0. The lowest BCUT2D eigenvalue weighted by atomic mass is 9.74. The van der Waals surface area contributed by atoms with Crippen LogP contribution in [0.5, 0.6) is 0 Å². The number of ether oxygens (including phenoxy) is 3. The lowest BCUT2D eigenvalue weighted by Gasteiger charge is -2.54. The predicted octanol–water partition coefficient (Wildman–Crippen LogP) is 5.06. The number of Topliss-reactive ketones (excluding diaryl/α,β-unsaturated/α-hetero) is 3. The van der Waals surface area contributed by atoms with Crippen LogP contribution in [-0.2, 0) is 33.4 Å². The Bertz CT molecular complexity index is 1470. The lowest BCUT2D eigenvalue weighted by Crippen LogP contribution is -2.66. The molecule has 5 N–H and O–H groups in total. The number of carbonyl (C=O) groups excluding carboxylic acids is 4. The maximum absolute atomic E-state index is 14.0. The first kappa shape index (κ1) is 48.8. The molecule has 2 bridgehead atoms. The molecule has 2 fully saturated rings. The Morgan fingerprint density at radius 3 is 2.09 bits per heavy atom. The van der Waals surface area contributed by atoms with Crippen LogP contribution in [0.4, 0.5) is 0 Å². The minimum absolute atomic E-state index is 0.132. The van der Waals surface area contributed by atoms with Gasteiger partial charge in [-0.25, -0.2) is 4.79 Å². The van der Waals surface area contributed by atoms with Gasteiger partial charge in [-0.3, -0.25) is 14.4 Å². The highest BCUT2D eigenvalue weighted by Crippen LogP contribution is 2.47. The van der Waals surface area contributed by atoms with Crippen molar-refractivity contribution in [2.24, 2.45) is 53.3 Å². The van der Waals surface area contributed by atoms with E-state index in [1.54, 1.807) is 27.7 Å². The fourth-order valence-electron chi connectivity index (χ4n) is 8.91. The Morgan fingerprint density at radius 1 is 0.842 bits per heavy atom. The lowest BCUT2D eigenvalue weighted by molar-refractivity contribution is -0.344. The van der Waals surface area contributed by atoms with E-state index in [9.17, 15) is 44.7 Å². The standard InChI is InChI=1S/C45H72O12/c1-12-33-17-15-13-14-16-25(3)42(52)44(11,54)43(53)31(9)40(51)30(8)39(50)29(7)38(49)24(2)18-21-37(48)55-41-28(6)34(20-19-33)56-45(32(41)10)36(47)22-26(4)35(57-45)23-27(5)46/h13-15,17-18,21,24-35,38,40-42,46,49,51-52,54H,12,16,19-20,22-23H2,1-11H3/b14-13+,17-15?,21-18+/t24-,25+,26-,27+,28+,29-,30-,31-,32-,33-,34-,35-,38+,40+,41+,42-,44+,45+/m0/s1. The van der Waals surface area contributed by atoms with Crippen molar-refractivity contribution < 1.29 is 58.9 Å². The van der Waals surface area contributed by atoms with E-state index in [-0.39, 0.29) is 30.0 Å². The zero-order chi connectivity index (χ0) is 43.2. The van der Waals surface area contributed by atoms with E-state index in [1.165, 1.54) is 39.8 Å². The number of rotatable bonds is 3. The Morgan fingerprint density at radius 2 is 1.47 bits per heavy atom. The number of aliphatic hydroxyl groups is 5. The summed E-state index contributed by atoms with van der Waals surface area (Å²) in [6.45, 7) is 18.3. The van der Waals surface area contributed by atoms with Gasteiger partial charge in [0.1, 0.15) is 17.5 Å². The summed E-state index contributed by atoms with van der Waals surface area (Å²) >= 11 is 0. The number of hydrogen-bond acceptors (Lipinski definition) is 12. The van der Waals surface area contributed by atoms with E-state index in [0.29, 0.717) is 25.7 Å². The van der Waals surface area contributed by atoms with Gasteiger partial charge in [-0.15, -0.1) is 0 Å². The van der Waals surface area contributed by atoms with Gasteiger partial charge in [-0.1, -0.05) is 92.7 Å². The molecule has 12 heteroatoms. The van der Waals surface area contributed by atoms with Crippen molar-refractivity contribution in [3.63, 3.8) is 0 Å². The number of aliphatic hydroxyl groups excluding tert-OH is 4. The molecule has 3 heterocycles. The minimum atomic E-state index is -2.21. The van der Waals surface area contributed by atoms with E-state index < -0.39 is 107 Å². The van der Waals surface area contributed by atoms with Gasteiger partial charge < -0.3 is 39.7 Å². The van der Waals surface area contributed by atoms with Crippen LogP contribution in [0.25, 0.3) is 0 Å². The quantitative estimate of drug-likeness (QED) is 0.238. The molecule has 1 spiro atoms. The van der Waals surface area contributed by atoms with Crippen LogP contribution in [0.2, 0.25) is 0 Å². The van der Waals surface area contributed by atoms with Gasteiger partial charge in [-0.2, -0.15) is 0 Å². The zero-order valence-corrected chi connectivity index (χ0v) is 36.0. The van der Waals surface area contributed by atoms with Crippen molar-refractivity contribution in [3.05, 3.63) is 36.5 Å². The molecule has 0 aliphatic carbocycles. The molecule has 0 saturated carbocycles. The van der Waals surface area contributed by atoms with Gasteiger partial charge in [0, 0.05) is 42.1 Å². The molecule has 0 unspecified atom stereocenters. The molecule has 0 aromatic carbocycles. The fraction of sp³-hybridized carbons (Fsp3) is 0.778. The van der Waals surface area contributed by atoms with Crippen molar-refractivity contribution in [1.82, 2.24) is 0 Å². The predicted molar refractivity (Wildman–Crippen MR) is 215 cm³/mol. The van der Waals surface area contributed by atoms with Crippen molar-refractivity contribution in [2.75, 3.05) is 0 Å². The maximum atomic E-state index is 14.0. The van der Waals surface area contributed by atoms with Gasteiger partial charge in [-0.05, 0) is 63.7 Å². The summed E-state index contributed by atoms with van der Waals surface area (Å²) < 4.78 is 19.4. The van der Waals surface area contributed by atoms with Gasteiger partial charge in [0.2, 0.25) is 5.79 Å². The Hall–Kier alpha value is -2.58. The van der Waals surface area contributed by atoms with Crippen LogP contribution >= 0.6 is 0 Å². The molecule has 0 aromatic rings. The van der Waals surface area contributed by atoms with Crippen molar-refractivity contribution in [1.29, 1.82) is 0 Å². The monoisotopic (exact) mass is 805 g/mol. The normalized spacial score (nSPS) is 45.6. The second-order valence-corrected chi connectivity index (χ2v) is 17.9. The van der Waals surface area contributed by atoms with Crippen LogP contribution in [0.3, 0.4) is 0 Å². The summed E-state index contributed by atoms with van der Waals surface area (Å²) in [6, 6.07) is 0. The molecule has 324 valence electrons. The fourth-order valence-corrected chi connectivity index (χ4v) is 8.91. The van der Waals surface area contributed by atoms with Crippen molar-refractivity contribution in [3.8, 4) is 0 Å². The van der Waals surface area contributed by atoms with E-state index >= 15 is 0 Å². The second kappa shape index (κ2) is 20.6. The number of esters is 1. The number of ketones is 3. The highest BCUT2D eigenvalue weighted by molar-refractivity contribution is 5.91. The molecule has 3 aliphatic rings. The molecule has 3 rings (SSSR count). The third kappa shape index (κ3) is 11.4. The summed E-state index contributed by atoms with van der Waals surface area (Å²) in [5, 5.41) is 55.0. The third-order valence-electron chi connectivity index (χ3n) is 13.2. The molecular formula is C45H72O12. The average Bonchev–Trinajstić information content (AvgIpc) is 3.16. The first-order valence-electron chi connectivity index (χ1n) is 21.1. The summed E-state index contributed by atoms with van der Waals surface area (Å²) in [6.07, 6.45) is 6.53. The van der Waals surface area contributed by atoms with Crippen LogP contribution < -0.4 is 0 Å². The van der Waals surface area contributed by atoms with Crippen LogP contribution in [0, 0.1) is 53.3 Å². The van der Waals surface area contributed by atoms with Crippen molar-refractivity contribution >= 4 is 23.3 Å². The van der Waals surface area contributed by atoms with Crippen molar-refractivity contribution in [2.45, 2.75) is 169 Å². The van der Waals surface area contributed by atoms with E-state index in [4.69, 9.17) is 14.2 Å².